The molecule has 0 spiro atoms. The molecule has 0 aromatic heterocycles. The average Bonchev–Trinajstić information content (AvgIpc) is 2.77. The zero-order valence-electron chi connectivity index (χ0n) is 10.9. The van der Waals surface area contributed by atoms with Gasteiger partial charge in [-0.1, -0.05) is 27.7 Å². The van der Waals surface area contributed by atoms with Gasteiger partial charge in [0.1, 0.15) is 0 Å². The van der Waals surface area contributed by atoms with E-state index in [1.165, 1.54) is 32.1 Å². The largest absolute Gasteiger partial charge is 0.330 e. The van der Waals surface area contributed by atoms with Crippen LogP contribution < -0.4 is 5.73 Å². The molecular weight excluding hydrogens is 182 g/mol. The molecule has 2 saturated carbocycles. The van der Waals surface area contributed by atoms with E-state index in [2.05, 4.69) is 27.7 Å². The second-order valence-electron chi connectivity index (χ2n) is 7.68. The van der Waals surface area contributed by atoms with Crippen molar-refractivity contribution in [3.8, 4) is 0 Å². The van der Waals surface area contributed by atoms with Crippen LogP contribution in [0, 0.1) is 22.2 Å². The lowest BCUT2D eigenvalue weighted by Crippen LogP contribution is -2.39. The van der Waals surface area contributed by atoms with E-state index in [-0.39, 0.29) is 0 Å². The number of hydrogen-bond acceptors (Lipinski definition) is 1. The molecule has 0 amide bonds. The zero-order chi connectivity index (χ0) is 11.3. The van der Waals surface area contributed by atoms with Crippen LogP contribution in [0.2, 0.25) is 0 Å². The van der Waals surface area contributed by atoms with E-state index < -0.39 is 0 Å². The number of rotatable bonds is 2. The van der Waals surface area contributed by atoms with E-state index >= 15 is 0 Å². The summed E-state index contributed by atoms with van der Waals surface area (Å²) in [6.07, 6.45) is 6.94. The average molecular weight is 209 g/mol. The van der Waals surface area contributed by atoms with E-state index in [4.69, 9.17) is 5.73 Å². The lowest BCUT2D eigenvalue weighted by Gasteiger charge is -2.47. The van der Waals surface area contributed by atoms with Crippen molar-refractivity contribution in [3.63, 3.8) is 0 Å². The van der Waals surface area contributed by atoms with Crippen molar-refractivity contribution in [1.29, 1.82) is 0 Å². The van der Waals surface area contributed by atoms with Crippen LogP contribution in [0.5, 0.6) is 0 Å². The van der Waals surface area contributed by atoms with E-state index in [1.54, 1.807) is 0 Å². The summed E-state index contributed by atoms with van der Waals surface area (Å²) in [5.41, 5.74) is 7.58. The minimum atomic E-state index is 0.525. The molecule has 0 radical (unpaired) electrons. The van der Waals surface area contributed by atoms with Crippen molar-refractivity contribution in [1.82, 2.24) is 0 Å². The van der Waals surface area contributed by atoms with Crippen molar-refractivity contribution in [2.24, 2.45) is 27.9 Å². The van der Waals surface area contributed by atoms with Crippen LogP contribution >= 0.6 is 0 Å². The van der Waals surface area contributed by atoms with Crippen LogP contribution in [-0.4, -0.2) is 6.54 Å². The predicted octanol–water partition coefficient (Wildman–Crippen LogP) is 3.58. The highest BCUT2D eigenvalue weighted by molar-refractivity contribution is 5.04. The lowest BCUT2D eigenvalue weighted by molar-refractivity contribution is 0.0339. The maximum Gasteiger partial charge on any atom is -0.00179 e. The molecule has 0 heterocycles. The summed E-state index contributed by atoms with van der Waals surface area (Å²) in [6.45, 7) is 10.7. The number of hydrogen-bond donors (Lipinski definition) is 1. The van der Waals surface area contributed by atoms with Gasteiger partial charge >= 0.3 is 0 Å². The van der Waals surface area contributed by atoms with Gasteiger partial charge < -0.3 is 5.73 Å². The monoisotopic (exact) mass is 209 g/mol. The Kier molecular flexibility index (Phi) is 2.46. The highest BCUT2D eigenvalue weighted by Crippen LogP contribution is 2.61. The van der Waals surface area contributed by atoms with Gasteiger partial charge in [0.05, 0.1) is 0 Å². The molecule has 1 heteroatoms. The minimum absolute atomic E-state index is 0.525. The Bertz CT molecular complexity index is 232. The Morgan fingerprint density at radius 1 is 1.00 bits per heavy atom. The highest BCUT2D eigenvalue weighted by atomic mass is 14.7. The fourth-order valence-corrected chi connectivity index (χ4v) is 4.22. The molecule has 15 heavy (non-hydrogen) atoms. The van der Waals surface area contributed by atoms with Gasteiger partial charge in [-0.25, -0.2) is 0 Å². The summed E-state index contributed by atoms with van der Waals surface area (Å²) in [7, 11) is 0. The van der Waals surface area contributed by atoms with Gasteiger partial charge in [0.25, 0.3) is 0 Å². The fraction of sp³-hybridized carbons (Fsp3) is 1.00. The molecule has 2 aliphatic carbocycles. The van der Waals surface area contributed by atoms with Crippen molar-refractivity contribution in [2.75, 3.05) is 6.54 Å². The summed E-state index contributed by atoms with van der Waals surface area (Å²) in [5, 5.41) is 0. The third-order valence-corrected chi connectivity index (χ3v) is 4.72. The van der Waals surface area contributed by atoms with Gasteiger partial charge in [-0.2, -0.15) is 0 Å². The van der Waals surface area contributed by atoms with Crippen molar-refractivity contribution < 1.29 is 0 Å². The van der Waals surface area contributed by atoms with Gasteiger partial charge in [-0.15, -0.1) is 0 Å². The molecule has 0 bridgehead atoms. The summed E-state index contributed by atoms with van der Waals surface area (Å²) in [5.74, 6) is 0.890. The zero-order valence-corrected chi connectivity index (χ0v) is 10.9. The Balaban J connectivity index is 2.14. The van der Waals surface area contributed by atoms with Crippen LogP contribution in [-0.2, 0) is 0 Å². The van der Waals surface area contributed by atoms with Gasteiger partial charge in [-0.3, -0.25) is 0 Å². The van der Waals surface area contributed by atoms with Crippen molar-refractivity contribution >= 4 is 0 Å². The molecule has 2 fully saturated rings. The molecule has 2 aliphatic rings. The summed E-state index contributed by atoms with van der Waals surface area (Å²) < 4.78 is 0. The van der Waals surface area contributed by atoms with Gasteiger partial charge in [-0.05, 0) is 60.8 Å². The second kappa shape index (κ2) is 3.23. The molecule has 88 valence electrons. The van der Waals surface area contributed by atoms with Gasteiger partial charge in [0.15, 0.2) is 0 Å². The van der Waals surface area contributed by atoms with Crippen LogP contribution in [0.15, 0.2) is 0 Å². The standard InChI is InChI=1S/C14H27N/c1-12(2)7-11(8-13(3,4)9-12)14(10-15)5-6-14/h11H,5-10,15H2,1-4H3. The SMILES string of the molecule is CC1(C)CC(C2(CN)CC2)CC(C)(C)C1. The Morgan fingerprint density at radius 2 is 1.47 bits per heavy atom. The minimum Gasteiger partial charge on any atom is -0.330 e. The van der Waals surface area contributed by atoms with Crippen molar-refractivity contribution in [2.45, 2.75) is 59.8 Å². The van der Waals surface area contributed by atoms with Crippen LogP contribution in [0.1, 0.15) is 59.8 Å². The highest BCUT2D eigenvalue weighted by Gasteiger charge is 2.53. The lowest BCUT2D eigenvalue weighted by atomic mass is 9.58. The predicted molar refractivity (Wildman–Crippen MR) is 65.6 cm³/mol. The molecule has 0 aromatic carbocycles. The molecule has 0 unspecified atom stereocenters. The topological polar surface area (TPSA) is 26.0 Å². The summed E-state index contributed by atoms with van der Waals surface area (Å²) in [6, 6.07) is 0. The Labute approximate surface area is 94.8 Å². The molecule has 0 aromatic rings. The molecular formula is C14H27N. The quantitative estimate of drug-likeness (QED) is 0.739. The third-order valence-electron chi connectivity index (χ3n) is 4.72. The first-order valence-corrected chi connectivity index (χ1v) is 6.49. The molecule has 2 rings (SSSR count). The van der Waals surface area contributed by atoms with E-state index in [9.17, 15) is 0 Å². The second-order valence-corrected chi connectivity index (χ2v) is 7.68. The summed E-state index contributed by atoms with van der Waals surface area (Å²) in [4.78, 5) is 0. The maximum atomic E-state index is 5.98. The van der Waals surface area contributed by atoms with Gasteiger partial charge in [0.2, 0.25) is 0 Å². The van der Waals surface area contributed by atoms with Crippen molar-refractivity contribution in [3.05, 3.63) is 0 Å². The Hall–Kier alpha value is -0.0400. The summed E-state index contributed by atoms with van der Waals surface area (Å²) >= 11 is 0. The van der Waals surface area contributed by atoms with Crippen LogP contribution in [0.4, 0.5) is 0 Å². The number of nitrogens with two attached hydrogens (primary N) is 1. The third kappa shape index (κ3) is 2.22. The molecule has 2 N–H and O–H groups in total. The van der Waals surface area contributed by atoms with Crippen LogP contribution in [0.25, 0.3) is 0 Å². The normalized spacial score (nSPS) is 32.6. The molecule has 0 aliphatic heterocycles. The first kappa shape index (κ1) is 11.4. The fourth-order valence-electron chi connectivity index (χ4n) is 4.22. The molecule has 1 nitrogen and oxygen atoms in total. The van der Waals surface area contributed by atoms with Crippen LogP contribution in [0.3, 0.4) is 0 Å². The van der Waals surface area contributed by atoms with E-state index in [0.29, 0.717) is 16.2 Å². The van der Waals surface area contributed by atoms with E-state index in [0.717, 1.165) is 12.5 Å². The van der Waals surface area contributed by atoms with Gasteiger partial charge in [0, 0.05) is 0 Å². The molecule has 0 saturated heterocycles. The Morgan fingerprint density at radius 3 is 1.80 bits per heavy atom. The molecule has 0 atom stereocenters. The smallest absolute Gasteiger partial charge is 0.00179 e. The first-order chi connectivity index (χ1) is 6.79. The first-order valence-electron chi connectivity index (χ1n) is 6.49. The maximum absolute atomic E-state index is 5.98. The van der Waals surface area contributed by atoms with E-state index in [1.807, 2.05) is 0 Å².